The summed E-state index contributed by atoms with van der Waals surface area (Å²) in [5.41, 5.74) is 10.9. The van der Waals surface area contributed by atoms with Crippen molar-refractivity contribution in [3.63, 3.8) is 0 Å². The second-order valence-electron chi connectivity index (χ2n) is 15.7. The number of benzene rings is 11. The predicted molar refractivity (Wildman–Crippen MR) is 257 cm³/mol. The summed E-state index contributed by atoms with van der Waals surface area (Å²) in [4.78, 5) is 4.63. The van der Waals surface area contributed by atoms with Crippen LogP contribution in [0.15, 0.2) is 231 Å². The van der Waals surface area contributed by atoms with Gasteiger partial charge in [0.2, 0.25) is 0 Å². The van der Waals surface area contributed by atoms with E-state index in [-0.39, 0.29) is 0 Å². The van der Waals surface area contributed by atoms with Crippen molar-refractivity contribution in [2.75, 3.05) is 9.80 Å². The molecule has 61 heavy (non-hydrogen) atoms. The van der Waals surface area contributed by atoms with Crippen LogP contribution >= 0.6 is 0 Å². The standard InChI is InChI=1S/C58H38N2O/c1-5-18-41(19-6-1)59(42-20-7-2-8-21-42)45-33-36-50-49-35-32-40(37-53(49)47-26-13-14-27-48(47)54(50)38-45)46-34-31-39-17-15-28-51-52-29-16-30-55(57(52)61-58(46)56(39)51)60(43-22-9-3-10-23-43)44-24-11-4-12-25-44/h1-38H. The average molecular weight is 779 g/mol. The van der Waals surface area contributed by atoms with Gasteiger partial charge in [0.15, 0.2) is 5.75 Å². The van der Waals surface area contributed by atoms with E-state index < -0.39 is 0 Å². The van der Waals surface area contributed by atoms with E-state index in [1.54, 1.807) is 0 Å². The lowest BCUT2D eigenvalue weighted by molar-refractivity contribution is 0.490. The molecule has 0 saturated heterocycles. The molecule has 0 radical (unpaired) electrons. The summed E-state index contributed by atoms with van der Waals surface area (Å²) < 4.78 is 7.32. The Bertz CT molecular complexity index is 3340. The third kappa shape index (κ3) is 5.74. The van der Waals surface area contributed by atoms with Crippen LogP contribution in [0, 0.1) is 0 Å². The third-order valence-corrected chi connectivity index (χ3v) is 12.2. The Balaban J connectivity index is 1.04. The molecular weight excluding hydrogens is 741 g/mol. The number of hydrogen-bond acceptors (Lipinski definition) is 3. The first-order valence-electron chi connectivity index (χ1n) is 20.8. The van der Waals surface area contributed by atoms with Gasteiger partial charge in [0.1, 0.15) is 5.75 Å². The zero-order valence-electron chi connectivity index (χ0n) is 33.2. The highest BCUT2D eigenvalue weighted by Gasteiger charge is 2.28. The molecule has 0 aliphatic carbocycles. The normalized spacial score (nSPS) is 11.7. The number of anilines is 6. The Labute approximate surface area is 354 Å². The van der Waals surface area contributed by atoms with Gasteiger partial charge in [-0.25, -0.2) is 0 Å². The van der Waals surface area contributed by atoms with E-state index in [1.165, 1.54) is 37.9 Å². The van der Waals surface area contributed by atoms with Crippen LogP contribution in [-0.2, 0) is 0 Å². The van der Waals surface area contributed by atoms with Crippen molar-refractivity contribution in [1.82, 2.24) is 0 Å². The molecule has 12 rings (SSSR count). The second kappa shape index (κ2) is 14.3. The van der Waals surface area contributed by atoms with E-state index in [9.17, 15) is 0 Å². The highest BCUT2D eigenvalue weighted by atomic mass is 16.5. The maximum absolute atomic E-state index is 7.32. The molecule has 0 aromatic heterocycles. The van der Waals surface area contributed by atoms with Crippen molar-refractivity contribution in [3.8, 4) is 33.8 Å². The van der Waals surface area contributed by atoms with Crippen molar-refractivity contribution in [2.24, 2.45) is 0 Å². The monoisotopic (exact) mass is 778 g/mol. The fourth-order valence-electron chi connectivity index (χ4n) is 9.46. The molecule has 11 aromatic rings. The van der Waals surface area contributed by atoms with E-state index >= 15 is 0 Å². The molecule has 1 aliphatic heterocycles. The number of nitrogens with zero attached hydrogens (tertiary/aromatic N) is 2. The zero-order chi connectivity index (χ0) is 40.3. The summed E-state index contributed by atoms with van der Waals surface area (Å²) in [7, 11) is 0. The highest BCUT2D eigenvalue weighted by Crippen LogP contribution is 2.55. The van der Waals surface area contributed by atoms with Crippen LogP contribution in [0.3, 0.4) is 0 Å². The maximum atomic E-state index is 7.32. The van der Waals surface area contributed by atoms with Gasteiger partial charge in [-0.05, 0) is 128 Å². The minimum absolute atomic E-state index is 0.843. The molecule has 0 saturated carbocycles. The van der Waals surface area contributed by atoms with Crippen molar-refractivity contribution in [3.05, 3.63) is 231 Å². The zero-order valence-corrected chi connectivity index (χ0v) is 33.2. The van der Waals surface area contributed by atoms with Gasteiger partial charge in [-0.1, -0.05) is 152 Å². The van der Waals surface area contributed by atoms with Gasteiger partial charge in [0.05, 0.1) is 5.69 Å². The fourth-order valence-corrected chi connectivity index (χ4v) is 9.46. The first kappa shape index (κ1) is 34.9. The summed E-state index contributed by atoms with van der Waals surface area (Å²) >= 11 is 0. The van der Waals surface area contributed by atoms with Crippen LogP contribution in [0.4, 0.5) is 34.1 Å². The first-order chi connectivity index (χ1) is 30.3. The Morgan fingerprint density at radius 3 is 1.41 bits per heavy atom. The number of hydrogen-bond donors (Lipinski definition) is 0. The molecule has 0 N–H and O–H groups in total. The Hall–Kier alpha value is -8.14. The molecule has 0 atom stereocenters. The summed E-state index contributed by atoms with van der Waals surface area (Å²) in [5, 5.41) is 9.63. The SMILES string of the molecule is c1ccc(N(c2ccccc2)c2ccc3c4ccc(-c5ccc6cccc7c6c5Oc5c-7cccc5N(c5ccccc5)c5ccccc5)cc4c4ccccc4c3c2)cc1. The smallest absolute Gasteiger partial charge is 0.159 e. The quantitative estimate of drug-likeness (QED) is 0.150. The van der Waals surface area contributed by atoms with Crippen LogP contribution in [0.5, 0.6) is 11.5 Å². The summed E-state index contributed by atoms with van der Waals surface area (Å²) in [6, 6.07) is 82.6. The van der Waals surface area contributed by atoms with E-state index in [0.717, 1.165) is 73.1 Å². The molecule has 0 spiro atoms. The predicted octanol–water partition coefficient (Wildman–Crippen LogP) is 16.7. The van der Waals surface area contributed by atoms with Crippen LogP contribution in [0.25, 0.3) is 65.3 Å². The Kier molecular flexibility index (Phi) is 8.17. The van der Waals surface area contributed by atoms with Crippen molar-refractivity contribution in [2.45, 2.75) is 0 Å². The van der Waals surface area contributed by atoms with Crippen LogP contribution in [-0.4, -0.2) is 0 Å². The molecule has 3 heteroatoms. The van der Waals surface area contributed by atoms with Gasteiger partial charge >= 0.3 is 0 Å². The molecule has 0 unspecified atom stereocenters. The van der Waals surface area contributed by atoms with Gasteiger partial charge in [-0.3, -0.25) is 0 Å². The highest BCUT2D eigenvalue weighted by molar-refractivity contribution is 6.26. The molecular formula is C58H38N2O. The summed E-state index contributed by atoms with van der Waals surface area (Å²) in [5.74, 6) is 1.72. The van der Waals surface area contributed by atoms with Gasteiger partial charge in [-0.2, -0.15) is 0 Å². The number of para-hydroxylation sites is 5. The molecule has 286 valence electrons. The van der Waals surface area contributed by atoms with Crippen molar-refractivity contribution >= 4 is 77.2 Å². The molecule has 3 nitrogen and oxygen atoms in total. The average Bonchev–Trinajstić information content (AvgIpc) is 3.33. The molecule has 1 aliphatic rings. The van der Waals surface area contributed by atoms with Gasteiger partial charge < -0.3 is 14.5 Å². The second-order valence-corrected chi connectivity index (χ2v) is 15.7. The fraction of sp³-hybridized carbons (Fsp3) is 0. The summed E-state index contributed by atoms with van der Waals surface area (Å²) in [6.07, 6.45) is 0. The van der Waals surface area contributed by atoms with Crippen LogP contribution in [0.1, 0.15) is 0 Å². The third-order valence-electron chi connectivity index (χ3n) is 12.2. The molecule has 0 amide bonds. The first-order valence-corrected chi connectivity index (χ1v) is 20.8. The summed E-state index contributed by atoms with van der Waals surface area (Å²) in [6.45, 7) is 0. The molecule has 11 aromatic carbocycles. The minimum Gasteiger partial charge on any atom is -0.453 e. The van der Waals surface area contributed by atoms with Crippen molar-refractivity contribution in [1.29, 1.82) is 0 Å². The number of ether oxygens (including phenoxy) is 1. The minimum atomic E-state index is 0.843. The van der Waals surface area contributed by atoms with E-state index in [2.05, 4.69) is 240 Å². The Morgan fingerprint density at radius 2 is 0.787 bits per heavy atom. The van der Waals surface area contributed by atoms with Gasteiger partial charge in [-0.15, -0.1) is 0 Å². The Morgan fingerprint density at radius 1 is 0.279 bits per heavy atom. The van der Waals surface area contributed by atoms with E-state index in [4.69, 9.17) is 4.74 Å². The van der Waals surface area contributed by atoms with Crippen LogP contribution < -0.4 is 14.5 Å². The van der Waals surface area contributed by atoms with E-state index in [0.29, 0.717) is 0 Å². The van der Waals surface area contributed by atoms with Gasteiger partial charge in [0, 0.05) is 45.0 Å². The van der Waals surface area contributed by atoms with Crippen LogP contribution in [0.2, 0.25) is 0 Å². The maximum Gasteiger partial charge on any atom is 0.159 e. The molecule has 0 bridgehead atoms. The largest absolute Gasteiger partial charge is 0.453 e. The van der Waals surface area contributed by atoms with Gasteiger partial charge in [0.25, 0.3) is 0 Å². The number of rotatable bonds is 7. The lowest BCUT2D eigenvalue weighted by Crippen LogP contribution is -2.12. The molecule has 0 fully saturated rings. The topological polar surface area (TPSA) is 15.7 Å². The number of fused-ring (bicyclic) bond motifs is 8. The molecule has 1 heterocycles. The lowest BCUT2D eigenvalue weighted by Gasteiger charge is -2.31. The van der Waals surface area contributed by atoms with E-state index in [1.807, 2.05) is 0 Å². The lowest BCUT2D eigenvalue weighted by atomic mass is 9.88. The van der Waals surface area contributed by atoms with Crippen molar-refractivity contribution < 1.29 is 4.74 Å².